The van der Waals surface area contributed by atoms with Crippen LogP contribution in [0.1, 0.15) is 12.0 Å². The van der Waals surface area contributed by atoms with Gasteiger partial charge in [-0.2, -0.15) is 5.26 Å². The molecule has 0 bridgehead atoms. The number of thioether (sulfide) groups is 1. The molecule has 1 aromatic rings. The number of amidine groups is 1. The van der Waals surface area contributed by atoms with Crippen LogP contribution in [0.4, 0.5) is 5.69 Å². The molecule has 0 spiro atoms. The molecule has 100 valence electrons. The minimum absolute atomic E-state index is 0.0184. The first-order chi connectivity index (χ1) is 9.19. The lowest BCUT2D eigenvalue weighted by Crippen LogP contribution is -2.17. The lowest BCUT2D eigenvalue weighted by molar-refractivity contribution is -0.120. The van der Waals surface area contributed by atoms with Crippen molar-refractivity contribution in [2.24, 2.45) is 4.99 Å². The number of hydrogen-bond donors (Lipinski definition) is 2. The molecule has 0 aromatic heterocycles. The maximum absolute atomic E-state index is 11.2. The Morgan fingerprint density at radius 3 is 2.95 bits per heavy atom. The standard InChI is InChI=1S/C13H16N4OS/c1-15-12(18)7-6-10-4-3-5-11(8-10)17-13(19-2)16-9-14/h3-5,8H,6-7H2,1-2H3,(H,15,18)(H,16,17). The second-order valence-electron chi connectivity index (χ2n) is 3.70. The van der Waals surface area contributed by atoms with Crippen LogP contribution in [0.2, 0.25) is 0 Å². The van der Waals surface area contributed by atoms with Crippen LogP contribution in [0.15, 0.2) is 29.3 Å². The van der Waals surface area contributed by atoms with Crippen LogP contribution in [0.25, 0.3) is 0 Å². The third-order valence-electron chi connectivity index (χ3n) is 2.42. The summed E-state index contributed by atoms with van der Waals surface area (Å²) in [4.78, 5) is 15.5. The molecule has 0 aliphatic carbocycles. The first kappa shape index (κ1) is 15.1. The maximum atomic E-state index is 11.2. The van der Waals surface area contributed by atoms with Gasteiger partial charge in [-0.05, 0) is 30.4 Å². The average molecular weight is 276 g/mol. The van der Waals surface area contributed by atoms with Crippen LogP contribution in [0.5, 0.6) is 0 Å². The number of aliphatic imine (C=N–C) groups is 1. The van der Waals surface area contributed by atoms with Gasteiger partial charge in [0.2, 0.25) is 5.91 Å². The van der Waals surface area contributed by atoms with Crippen molar-refractivity contribution < 1.29 is 4.79 Å². The molecule has 0 heterocycles. The molecule has 1 rings (SSSR count). The zero-order valence-electron chi connectivity index (χ0n) is 10.9. The number of carbonyl (C=O) groups excluding carboxylic acids is 1. The smallest absolute Gasteiger partial charge is 0.220 e. The van der Waals surface area contributed by atoms with Gasteiger partial charge in [-0.25, -0.2) is 4.99 Å². The molecule has 2 N–H and O–H groups in total. The molecule has 0 atom stereocenters. The zero-order valence-corrected chi connectivity index (χ0v) is 11.8. The zero-order chi connectivity index (χ0) is 14.1. The number of nitrogens with one attached hydrogen (secondary N) is 2. The van der Waals surface area contributed by atoms with Crippen molar-refractivity contribution in [1.82, 2.24) is 10.6 Å². The Morgan fingerprint density at radius 1 is 1.53 bits per heavy atom. The second-order valence-corrected chi connectivity index (χ2v) is 4.50. The van der Waals surface area contributed by atoms with Gasteiger partial charge in [0.1, 0.15) is 0 Å². The normalized spacial score (nSPS) is 10.7. The number of nitriles is 1. The van der Waals surface area contributed by atoms with Crippen molar-refractivity contribution >= 4 is 28.5 Å². The third-order valence-corrected chi connectivity index (χ3v) is 3.00. The van der Waals surface area contributed by atoms with Gasteiger partial charge < -0.3 is 5.32 Å². The van der Waals surface area contributed by atoms with E-state index < -0.39 is 0 Å². The Hall–Kier alpha value is -2.00. The second kappa shape index (κ2) is 8.16. The number of benzene rings is 1. The molecule has 0 fully saturated rings. The molecule has 0 unspecified atom stereocenters. The number of carbonyl (C=O) groups is 1. The van der Waals surface area contributed by atoms with E-state index in [4.69, 9.17) is 5.26 Å². The number of rotatable bonds is 4. The van der Waals surface area contributed by atoms with E-state index in [1.165, 1.54) is 11.8 Å². The van der Waals surface area contributed by atoms with Crippen LogP contribution < -0.4 is 10.6 Å². The van der Waals surface area contributed by atoms with Crippen molar-refractivity contribution in [3.8, 4) is 6.19 Å². The van der Waals surface area contributed by atoms with E-state index in [-0.39, 0.29) is 5.91 Å². The molecule has 0 saturated carbocycles. The van der Waals surface area contributed by atoms with E-state index in [2.05, 4.69) is 15.6 Å². The molecule has 0 saturated heterocycles. The van der Waals surface area contributed by atoms with Gasteiger partial charge in [0, 0.05) is 13.5 Å². The van der Waals surface area contributed by atoms with Crippen molar-refractivity contribution in [2.45, 2.75) is 12.8 Å². The van der Waals surface area contributed by atoms with Crippen LogP contribution >= 0.6 is 11.8 Å². The van der Waals surface area contributed by atoms with E-state index in [9.17, 15) is 4.79 Å². The number of aryl methyl sites for hydroxylation is 1. The van der Waals surface area contributed by atoms with Crippen molar-refractivity contribution in [2.75, 3.05) is 13.3 Å². The molecule has 0 aliphatic rings. The van der Waals surface area contributed by atoms with Gasteiger partial charge in [-0.15, -0.1) is 0 Å². The Morgan fingerprint density at radius 2 is 2.32 bits per heavy atom. The summed E-state index contributed by atoms with van der Waals surface area (Å²) >= 11 is 1.37. The molecule has 0 aliphatic heterocycles. The van der Waals surface area contributed by atoms with Gasteiger partial charge in [-0.1, -0.05) is 23.9 Å². The monoisotopic (exact) mass is 276 g/mol. The highest BCUT2D eigenvalue weighted by atomic mass is 32.2. The predicted molar refractivity (Wildman–Crippen MR) is 78.2 cm³/mol. The largest absolute Gasteiger partial charge is 0.359 e. The first-order valence-corrected chi connectivity index (χ1v) is 6.99. The SMILES string of the molecule is CNC(=O)CCc1cccc(N=C(NC#N)SC)c1. The summed E-state index contributed by atoms with van der Waals surface area (Å²) in [6, 6.07) is 7.62. The van der Waals surface area contributed by atoms with Gasteiger partial charge in [0.25, 0.3) is 0 Å². The molecule has 0 radical (unpaired) electrons. The minimum Gasteiger partial charge on any atom is -0.359 e. The summed E-state index contributed by atoms with van der Waals surface area (Å²) in [5, 5.41) is 14.2. The molecule has 6 heteroatoms. The topological polar surface area (TPSA) is 77.3 Å². The lowest BCUT2D eigenvalue weighted by atomic mass is 10.1. The Labute approximate surface area is 117 Å². The van der Waals surface area contributed by atoms with Gasteiger partial charge in [0.15, 0.2) is 11.4 Å². The summed E-state index contributed by atoms with van der Waals surface area (Å²) in [5.41, 5.74) is 1.81. The van der Waals surface area contributed by atoms with E-state index in [1.807, 2.05) is 36.7 Å². The van der Waals surface area contributed by atoms with E-state index in [1.54, 1.807) is 7.05 Å². The third kappa shape index (κ3) is 5.44. The Balaban J connectivity index is 2.76. The van der Waals surface area contributed by atoms with E-state index in [0.717, 1.165) is 11.3 Å². The summed E-state index contributed by atoms with van der Waals surface area (Å²) in [7, 11) is 1.63. The summed E-state index contributed by atoms with van der Waals surface area (Å²) in [6.45, 7) is 0. The number of hydrogen-bond acceptors (Lipinski definition) is 4. The fourth-order valence-electron chi connectivity index (χ4n) is 1.45. The molecule has 1 amide bonds. The highest BCUT2D eigenvalue weighted by molar-refractivity contribution is 8.13. The van der Waals surface area contributed by atoms with Crippen LogP contribution in [-0.4, -0.2) is 24.4 Å². The number of amides is 1. The van der Waals surface area contributed by atoms with Gasteiger partial charge in [-0.3, -0.25) is 10.1 Å². The fourth-order valence-corrected chi connectivity index (χ4v) is 1.80. The van der Waals surface area contributed by atoms with Crippen molar-refractivity contribution in [3.63, 3.8) is 0 Å². The van der Waals surface area contributed by atoms with E-state index >= 15 is 0 Å². The number of nitrogens with zero attached hydrogens (tertiary/aromatic N) is 2. The Bertz CT molecular complexity index is 508. The first-order valence-electron chi connectivity index (χ1n) is 5.77. The van der Waals surface area contributed by atoms with Crippen molar-refractivity contribution in [3.05, 3.63) is 29.8 Å². The quantitative estimate of drug-likeness (QED) is 0.380. The molecule has 1 aromatic carbocycles. The van der Waals surface area contributed by atoms with Crippen LogP contribution in [-0.2, 0) is 11.2 Å². The predicted octanol–water partition coefficient (Wildman–Crippen LogP) is 1.79. The summed E-state index contributed by atoms with van der Waals surface area (Å²) < 4.78 is 0. The van der Waals surface area contributed by atoms with Crippen LogP contribution in [0, 0.1) is 11.5 Å². The lowest BCUT2D eigenvalue weighted by Gasteiger charge is -2.03. The van der Waals surface area contributed by atoms with Crippen LogP contribution in [0.3, 0.4) is 0 Å². The highest BCUT2D eigenvalue weighted by Crippen LogP contribution is 2.17. The van der Waals surface area contributed by atoms with Gasteiger partial charge in [0.05, 0.1) is 5.69 Å². The van der Waals surface area contributed by atoms with E-state index in [0.29, 0.717) is 18.0 Å². The van der Waals surface area contributed by atoms with Crippen molar-refractivity contribution in [1.29, 1.82) is 5.26 Å². The van der Waals surface area contributed by atoms with Gasteiger partial charge >= 0.3 is 0 Å². The maximum Gasteiger partial charge on any atom is 0.220 e. The highest BCUT2D eigenvalue weighted by Gasteiger charge is 2.01. The molecule has 19 heavy (non-hydrogen) atoms. The Kier molecular flexibility index (Phi) is 6.47. The molecule has 5 nitrogen and oxygen atoms in total. The fraction of sp³-hybridized carbons (Fsp3) is 0.308. The molecular weight excluding hydrogens is 260 g/mol. The summed E-state index contributed by atoms with van der Waals surface area (Å²) in [6.07, 6.45) is 4.82. The summed E-state index contributed by atoms with van der Waals surface area (Å²) in [5.74, 6) is 0.0184. The molecular formula is C13H16N4OS. The average Bonchev–Trinajstić information content (AvgIpc) is 2.44. The minimum atomic E-state index is 0.0184.